The van der Waals surface area contributed by atoms with E-state index in [1.807, 2.05) is 6.07 Å². The van der Waals surface area contributed by atoms with Crippen molar-refractivity contribution in [2.45, 2.75) is 12.1 Å². The maximum absolute atomic E-state index is 14.0. The van der Waals surface area contributed by atoms with Gasteiger partial charge >= 0.3 is 5.97 Å². The number of benzene rings is 1. The lowest BCUT2D eigenvalue weighted by atomic mass is 10.1. The molecule has 3 rings (SSSR count). The van der Waals surface area contributed by atoms with Gasteiger partial charge in [0, 0.05) is 19.0 Å². The Balaban J connectivity index is 1.69. The SMILES string of the molecule is O=C(c1ccc(Oc2ccccc2)o1)N1CC[C@](F)(C(=O)O)C1. The number of carboxylic acids is 1. The van der Waals surface area contributed by atoms with Crippen molar-refractivity contribution in [3.8, 4) is 11.7 Å². The van der Waals surface area contributed by atoms with Gasteiger partial charge < -0.3 is 19.2 Å². The molecule has 1 atom stereocenters. The number of alkyl halides is 1. The first-order valence-electron chi connectivity index (χ1n) is 7.02. The van der Waals surface area contributed by atoms with E-state index in [2.05, 4.69) is 0 Å². The van der Waals surface area contributed by atoms with Crippen molar-refractivity contribution in [1.29, 1.82) is 0 Å². The number of carboxylic acid groups (broad SMARTS) is 1. The summed E-state index contributed by atoms with van der Waals surface area (Å²) >= 11 is 0. The van der Waals surface area contributed by atoms with E-state index in [0.29, 0.717) is 5.75 Å². The molecule has 2 heterocycles. The van der Waals surface area contributed by atoms with Crippen LogP contribution in [-0.2, 0) is 4.79 Å². The van der Waals surface area contributed by atoms with Gasteiger partial charge in [0.2, 0.25) is 5.67 Å². The first-order chi connectivity index (χ1) is 11.0. The Hall–Kier alpha value is -2.83. The molecule has 7 heteroatoms. The Kier molecular flexibility index (Phi) is 3.77. The number of likely N-dealkylation sites (tertiary alicyclic amines) is 1. The van der Waals surface area contributed by atoms with Crippen molar-refractivity contribution in [3.05, 3.63) is 48.2 Å². The van der Waals surface area contributed by atoms with E-state index >= 15 is 0 Å². The van der Waals surface area contributed by atoms with Crippen LogP contribution in [0.2, 0.25) is 0 Å². The number of halogens is 1. The summed E-state index contributed by atoms with van der Waals surface area (Å²) in [5.74, 6) is -1.46. The molecule has 0 spiro atoms. The van der Waals surface area contributed by atoms with Crippen LogP contribution in [0, 0.1) is 0 Å². The molecule has 1 aromatic carbocycles. The lowest BCUT2D eigenvalue weighted by Crippen LogP contribution is -2.38. The quantitative estimate of drug-likeness (QED) is 0.937. The van der Waals surface area contributed by atoms with Crippen LogP contribution in [0.15, 0.2) is 46.9 Å². The van der Waals surface area contributed by atoms with E-state index in [-0.39, 0.29) is 24.7 Å². The average Bonchev–Trinajstić information content (AvgIpc) is 3.15. The molecule has 0 saturated carbocycles. The molecule has 0 unspecified atom stereocenters. The van der Waals surface area contributed by atoms with Crippen LogP contribution < -0.4 is 4.74 Å². The number of furan rings is 1. The zero-order valence-electron chi connectivity index (χ0n) is 12.1. The summed E-state index contributed by atoms with van der Waals surface area (Å²) in [5, 5.41) is 8.85. The molecule has 1 aliphatic heterocycles. The van der Waals surface area contributed by atoms with Gasteiger partial charge in [0.25, 0.3) is 11.9 Å². The van der Waals surface area contributed by atoms with Crippen molar-refractivity contribution in [2.24, 2.45) is 0 Å². The van der Waals surface area contributed by atoms with E-state index in [1.165, 1.54) is 12.1 Å². The molecule has 120 valence electrons. The molecular weight excluding hydrogens is 305 g/mol. The summed E-state index contributed by atoms with van der Waals surface area (Å²) in [4.78, 5) is 24.2. The maximum atomic E-state index is 14.0. The van der Waals surface area contributed by atoms with Crippen molar-refractivity contribution in [1.82, 2.24) is 4.90 Å². The minimum Gasteiger partial charge on any atom is -0.479 e. The second-order valence-corrected chi connectivity index (χ2v) is 5.28. The summed E-state index contributed by atoms with van der Waals surface area (Å²) < 4.78 is 24.8. The number of ether oxygens (including phenoxy) is 1. The normalized spacial score (nSPS) is 20.5. The van der Waals surface area contributed by atoms with Crippen LogP contribution in [0.3, 0.4) is 0 Å². The van der Waals surface area contributed by atoms with E-state index in [4.69, 9.17) is 14.3 Å². The van der Waals surface area contributed by atoms with Crippen LogP contribution in [0.1, 0.15) is 17.0 Å². The Morgan fingerprint density at radius 2 is 1.96 bits per heavy atom. The summed E-state index contributed by atoms with van der Waals surface area (Å²) in [7, 11) is 0. The number of rotatable bonds is 4. The van der Waals surface area contributed by atoms with Crippen molar-refractivity contribution in [3.63, 3.8) is 0 Å². The monoisotopic (exact) mass is 319 g/mol. The van der Waals surface area contributed by atoms with E-state index < -0.39 is 24.1 Å². The minimum atomic E-state index is -2.40. The number of aliphatic carboxylic acids is 1. The summed E-state index contributed by atoms with van der Waals surface area (Å²) in [6, 6.07) is 11.8. The highest BCUT2D eigenvalue weighted by atomic mass is 19.1. The lowest BCUT2D eigenvalue weighted by molar-refractivity contribution is -0.149. The molecule has 1 N–H and O–H groups in total. The number of carbonyl (C=O) groups is 2. The van der Waals surface area contributed by atoms with Crippen LogP contribution in [0.25, 0.3) is 0 Å². The number of para-hydroxylation sites is 1. The van der Waals surface area contributed by atoms with Gasteiger partial charge in [-0.05, 0) is 18.2 Å². The fourth-order valence-electron chi connectivity index (χ4n) is 2.37. The Bertz CT molecular complexity index is 729. The van der Waals surface area contributed by atoms with Gasteiger partial charge in [-0.1, -0.05) is 18.2 Å². The number of hydrogen-bond donors (Lipinski definition) is 1. The van der Waals surface area contributed by atoms with Gasteiger partial charge in [0.05, 0.1) is 6.54 Å². The van der Waals surface area contributed by atoms with Crippen molar-refractivity contribution >= 4 is 11.9 Å². The van der Waals surface area contributed by atoms with Gasteiger partial charge in [-0.2, -0.15) is 0 Å². The van der Waals surface area contributed by atoms with Crippen LogP contribution >= 0.6 is 0 Å². The van der Waals surface area contributed by atoms with Crippen molar-refractivity contribution < 1.29 is 28.2 Å². The second kappa shape index (κ2) is 5.75. The fraction of sp³-hybridized carbons (Fsp3) is 0.250. The second-order valence-electron chi connectivity index (χ2n) is 5.28. The van der Waals surface area contributed by atoms with Gasteiger partial charge in [-0.25, -0.2) is 9.18 Å². The molecule has 0 bridgehead atoms. The van der Waals surface area contributed by atoms with Crippen LogP contribution in [0.5, 0.6) is 11.7 Å². The third-order valence-corrected chi connectivity index (χ3v) is 3.64. The highest BCUT2D eigenvalue weighted by molar-refractivity contribution is 5.93. The summed E-state index contributed by atoms with van der Waals surface area (Å²) in [6.45, 7) is -0.464. The van der Waals surface area contributed by atoms with E-state index in [0.717, 1.165) is 4.90 Å². The number of carbonyl (C=O) groups excluding carboxylic acids is 1. The number of amides is 1. The molecule has 0 radical (unpaired) electrons. The van der Waals surface area contributed by atoms with Crippen molar-refractivity contribution in [2.75, 3.05) is 13.1 Å². The molecule has 2 aromatic rings. The molecule has 1 saturated heterocycles. The summed E-state index contributed by atoms with van der Waals surface area (Å²) in [5.41, 5.74) is -2.40. The fourth-order valence-corrected chi connectivity index (χ4v) is 2.37. The first-order valence-corrected chi connectivity index (χ1v) is 7.02. The van der Waals surface area contributed by atoms with Gasteiger partial charge in [-0.3, -0.25) is 4.79 Å². The third-order valence-electron chi connectivity index (χ3n) is 3.64. The molecule has 1 fully saturated rings. The topological polar surface area (TPSA) is 80.0 Å². The average molecular weight is 319 g/mol. The third kappa shape index (κ3) is 3.03. The molecule has 1 amide bonds. The van der Waals surface area contributed by atoms with E-state index in [9.17, 15) is 14.0 Å². The largest absolute Gasteiger partial charge is 0.479 e. The molecule has 6 nitrogen and oxygen atoms in total. The first kappa shape index (κ1) is 15.1. The molecule has 1 aliphatic rings. The standard InChI is InChI=1S/C16H14FNO5/c17-16(15(20)21)8-9-18(10-16)14(19)12-6-7-13(23-12)22-11-4-2-1-3-5-11/h1-7H,8-10H2,(H,20,21)/t16-/m1/s1. The van der Waals surface area contributed by atoms with Crippen LogP contribution in [-0.4, -0.2) is 40.6 Å². The Morgan fingerprint density at radius 3 is 2.61 bits per heavy atom. The highest BCUT2D eigenvalue weighted by Gasteiger charge is 2.47. The van der Waals surface area contributed by atoms with E-state index in [1.54, 1.807) is 24.3 Å². The Labute approximate surface area is 131 Å². The number of nitrogens with zero attached hydrogens (tertiary/aromatic N) is 1. The summed E-state index contributed by atoms with van der Waals surface area (Å²) in [6.07, 6.45) is -0.234. The lowest BCUT2D eigenvalue weighted by Gasteiger charge is -2.16. The zero-order valence-corrected chi connectivity index (χ0v) is 12.1. The Morgan fingerprint density at radius 1 is 1.22 bits per heavy atom. The maximum Gasteiger partial charge on any atom is 0.343 e. The van der Waals surface area contributed by atoms with Gasteiger partial charge in [0.1, 0.15) is 5.75 Å². The molecule has 1 aromatic heterocycles. The predicted molar refractivity (Wildman–Crippen MR) is 77.2 cm³/mol. The molecule has 23 heavy (non-hydrogen) atoms. The predicted octanol–water partition coefficient (Wildman–Crippen LogP) is 2.71. The highest BCUT2D eigenvalue weighted by Crippen LogP contribution is 2.29. The van der Waals surface area contributed by atoms with Gasteiger partial charge in [-0.15, -0.1) is 0 Å². The zero-order chi connectivity index (χ0) is 16.4. The number of hydrogen-bond acceptors (Lipinski definition) is 4. The molecular formula is C16H14FNO5. The molecule has 0 aliphatic carbocycles. The van der Waals surface area contributed by atoms with Crippen LogP contribution in [0.4, 0.5) is 4.39 Å². The van der Waals surface area contributed by atoms with Gasteiger partial charge in [0.15, 0.2) is 5.76 Å². The smallest absolute Gasteiger partial charge is 0.343 e. The minimum absolute atomic E-state index is 0.0226.